The number of benzene rings is 1. The Hall–Kier alpha value is -0.820. The Morgan fingerprint density at radius 3 is 2.62 bits per heavy atom. The summed E-state index contributed by atoms with van der Waals surface area (Å²) < 4.78 is 0. The van der Waals surface area contributed by atoms with Gasteiger partial charge in [0.25, 0.3) is 0 Å². The van der Waals surface area contributed by atoms with E-state index in [9.17, 15) is 0 Å². The van der Waals surface area contributed by atoms with Gasteiger partial charge in [0, 0.05) is 0 Å². The average molecular weight is 217 g/mol. The molecule has 1 fully saturated rings. The van der Waals surface area contributed by atoms with Gasteiger partial charge >= 0.3 is 0 Å². The molecule has 0 spiro atoms. The van der Waals surface area contributed by atoms with E-state index in [1.54, 1.807) is 5.56 Å². The lowest BCUT2D eigenvalue weighted by Crippen LogP contribution is -2.14. The van der Waals surface area contributed by atoms with E-state index in [0.717, 1.165) is 18.4 Å². The van der Waals surface area contributed by atoms with Crippen LogP contribution in [0.15, 0.2) is 18.2 Å². The topological polar surface area (TPSA) is 12.0 Å². The van der Waals surface area contributed by atoms with Crippen molar-refractivity contribution in [1.82, 2.24) is 5.32 Å². The van der Waals surface area contributed by atoms with Gasteiger partial charge in [-0.15, -0.1) is 0 Å². The third-order valence-electron chi connectivity index (χ3n) is 3.72. The van der Waals surface area contributed by atoms with Crippen molar-refractivity contribution in [2.45, 2.75) is 39.0 Å². The van der Waals surface area contributed by atoms with E-state index < -0.39 is 0 Å². The highest BCUT2D eigenvalue weighted by Crippen LogP contribution is 2.45. The van der Waals surface area contributed by atoms with Crippen LogP contribution in [0.1, 0.15) is 41.9 Å². The van der Waals surface area contributed by atoms with Crippen LogP contribution < -0.4 is 5.32 Å². The van der Waals surface area contributed by atoms with E-state index in [0.29, 0.717) is 0 Å². The maximum absolute atomic E-state index is 3.28. The SMILES string of the molecule is CNCCC(c1ccc(C)cc1C)C1CC1. The second kappa shape index (κ2) is 5.01. The molecule has 1 saturated carbocycles. The number of hydrogen-bond acceptors (Lipinski definition) is 1. The van der Waals surface area contributed by atoms with Gasteiger partial charge in [-0.2, -0.15) is 0 Å². The number of nitrogens with one attached hydrogen (secondary N) is 1. The minimum absolute atomic E-state index is 0.785. The Labute approximate surface area is 99.3 Å². The molecular weight excluding hydrogens is 194 g/mol. The molecule has 1 aliphatic rings. The molecule has 2 rings (SSSR count). The zero-order valence-electron chi connectivity index (χ0n) is 10.7. The molecule has 1 nitrogen and oxygen atoms in total. The molecule has 1 unspecified atom stereocenters. The van der Waals surface area contributed by atoms with Gasteiger partial charge in [0.1, 0.15) is 0 Å². The fourth-order valence-electron chi connectivity index (χ4n) is 2.69. The minimum Gasteiger partial charge on any atom is -0.320 e. The quantitative estimate of drug-likeness (QED) is 0.797. The van der Waals surface area contributed by atoms with Crippen molar-refractivity contribution in [3.8, 4) is 0 Å². The van der Waals surface area contributed by atoms with E-state index >= 15 is 0 Å². The van der Waals surface area contributed by atoms with Crippen molar-refractivity contribution < 1.29 is 0 Å². The summed E-state index contributed by atoms with van der Waals surface area (Å²) in [4.78, 5) is 0. The fraction of sp³-hybridized carbons (Fsp3) is 0.600. The second-order valence-electron chi connectivity index (χ2n) is 5.20. The molecule has 1 N–H and O–H groups in total. The zero-order valence-corrected chi connectivity index (χ0v) is 10.7. The van der Waals surface area contributed by atoms with Gasteiger partial charge in [-0.25, -0.2) is 0 Å². The van der Waals surface area contributed by atoms with Crippen LogP contribution in [0, 0.1) is 19.8 Å². The maximum Gasteiger partial charge on any atom is -0.00460 e. The highest BCUT2D eigenvalue weighted by Gasteiger charge is 2.32. The highest BCUT2D eigenvalue weighted by atomic mass is 14.8. The van der Waals surface area contributed by atoms with Gasteiger partial charge in [0.15, 0.2) is 0 Å². The molecule has 0 aromatic heterocycles. The zero-order chi connectivity index (χ0) is 11.5. The molecule has 1 aromatic rings. The number of aryl methyl sites for hydroxylation is 2. The molecule has 1 aromatic carbocycles. The highest BCUT2D eigenvalue weighted by molar-refractivity contribution is 5.34. The smallest absolute Gasteiger partial charge is 0.00460 e. The first kappa shape index (κ1) is 11.7. The van der Waals surface area contributed by atoms with Crippen LogP contribution in [0.3, 0.4) is 0 Å². The van der Waals surface area contributed by atoms with E-state index in [2.05, 4.69) is 37.4 Å². The van der Waals surface area contributed by atoms with Crippen molar-refractivity contribution in [3.63, 3.8) is 0 Å². The van der Waals surface area contributed by atoms with Crippen molar-refractivity contribution in [2.24, 2.45) is 5.92 Å². The van der Waals surface area contributed by atoms with Gasteiger partial charge in [0.05, 0.1) is 0 Å². The van der Waals surface area contributed by atoms with E-state index in [1.807, 2.05) is 7.05 Å². The van der Waals surface area contributed by atoms with Gasteiger partial charge in [-0.1, -0.05) is 23.8 Å². The molecule has 1 heteroatoms. The summed E-state index contributed by atoms with van der Waals surface area (Å²) in [6.45, 7) is 5.57. The molecule has 1 atom stereocenters. The molecule has 0 heterocycles. The van der Waals surface area contributed by atoms with Crippen LogP contribution >= 0.6 is 0 Å². The number of rotatable bonds is 5. The Balaban J connectivity index is 2.17. The van der Waals surface area contributed by atoms with Gasteiger partial charge in [-0.3, -0.25) is 0 Å². The molecule has 0 bridgehead atoms. The van der Waals surface area contributed by atoms with E-state index in [4.69, 9.17) is 0 Å². The summed E-state index contributed by atoms with van der Waals surface area (Å²) in [6.07, 6.45) is 4.15. The normalized spacial score (nSPS) is 17.4. The lowest BCUT2D eigenvalue weighted by atomic mass is 9.87. The fourth-order valence-corrected chi connectivity index (χ4v) is 2.69. The van der Waals surface area contributed by atoms with Gasteiger partial charge in [-0.05, 0) is 69.7 Å². The first-order chi connectivity index (χ1) is 7.72. The Morgan fingerprint density at radius 2 is 2.06 bits per heavy atom. The summed E-state index contributed by atoms with van der Waals surface area (Å²) >= 11 is 0. The molecular formula is C15H23N. The molecule has 88 valence electrons. The van der Waals surface area contributed by atoms with Crippen molar-refractivity contribution in [3.05, 3.63) is 34.9 Å². The Kier molecular flexibility index (Phi) is 3.65. The van der Waals surface area contributed by atoms with Crippen molar-refractivity contribution >= 4 is 0 Å². The first-order valence-corrected chi connectivity index (χ1v) is 6.44. The van der Waals surface area contributed by atoms with Crippen LogP contribution in [0.5, 0.6) is 0 Å². The molecule has 0 saturated heterocycles. The van der Waals surface area contributed by atoms with E-state index in [1.165, 1.54) is 30.4 Å². The standard InChI is InChI=1S/C15H23N/c1-11-4-7-14(12(2)10-11)15(8-9-16-3)13-5-6-13/h4,7,10,13,15-16H,5-6,8-9H2,1-3H3. The van der Waals surface area contributed by atoms with E-state index in [-0.39, 0.29) is 0 Å². The summed E-state index contributed by atoms with van der Waals surface area (Å²) in [7, 11) is 2.05. The third kappa shape index (κ3) is 2.65. The summed E-state index contributed by atoms with van der Waals surface area (Å²) in [5, 5.41) is 3.28. The molecule has 0 amide bonds. The molecule has 0 radical (unpaired) electrons. The van der Waals surface area contributed by atoms with Crippen molar-refractivity contribution in [1.29, 1.82) is 0 Å². The van der Waals surface area contributed by atoms with Crippen LogP contribution in [-0.4, -0.2) is 13.6 Å². The molecule has 1 aliphatic carbocycles. The molecule has 16 heavy (non-hydrogen) atoms. The van der Waals surface area contributed by atoms with Crippen molar-refractivity contribution in [2.75, 3.05) is 13.6 Å². The summed E-state index contributed by atoms with van der Waals surface area (Å²) in [6, 6.07) is 6.94. The van der Waals surface area contributed by atoms with Crippen LogP contribution in [0.2, 0.25) is 0 Å². The molecule has 0 aliphatic heterocycles. The third-order valence-corrected chi connectivity index (χ3v) is 3.72. The second-order valence-corrected chi connectivity index (χ2v) is 5.20. The largest absolute Gasteiger partial charge is 0.320 e. The maximum atomic E-state index is 3.28. The van der Waals surface area contributed by atoms with Gasteiger partial charge in [0.2, 0.25) is 0 Å². The lowest BCUT2D eigenvalue weighted by molar-refractivity contribution is 0.538. The summed E-state index contributed by atoms with van der Waals surface area (Å²) in [5.41, 5.74) is 4.45. The predicted octanol–water partition coefficient (Wildman–Crippen LogP) is 3.41. The van der Waals surface area contributed by atoms with Crippen LogP contribution in [0.25, 0.3) is 0 Å². The Bertz CT molecular complexity index is 352. The van der Waals surface area contributed by atoms with Crippen LogP contribution in [-0.2, 0) is 0 Å². The lowest BCUT2D eigenvalue weighted by Gasteiger charge is -2.19. The Morgan fingerprint density at radius 1 is 1.31 bits per heavy atom. The monoisotopic (exact) mass is 217 g/mol. The average Bonchev–Trinajstić information content (AvgIpc) is 3.05. The summed E-state index contributed by atoms with van der Waals surface area (Å²) in [5.74, 6) is 1.74. The first-order valence-electron chi connectivity index (χ1n) is 6.44. The minimum atomic E-state index is 0.785. The number of hydrogen-bond donors (Lipinski definition) is 1. The van der Waals surface area contributed by atoms with Crippen LogP contribution in [0.4, 0.5) is 0 Å². The van der Waals surface area contributed by atoms with Gasteiger partial charge < -0.3 is 5.32 Å². The predicted molar refractivity (Wildman–Crippen MR) is 69.9 cm³/mol.